The van der Waals surface area contributed by atoms with Gasteiger partial charge >= 0.3 is 5.97 Å². The van der Waals surface area contributed by atoms with E-state index in [0.717, 1.165) is 0 Å². The lowest BCUT2D eigenvalue weighted by molar-refractivity contribution is -0.145. The molecular formula is C14H17NO5S. The van der Waals surface area contributed by atoms with Crippen molar-refractivity contribution in [2.45, 2.75) is 30.7 Å². The predicted molar refractivity (Wildman–Crippen MR) is 75.8 cm³/mol. The number of aliphatic carboxylic acids is 1. The second-order valence-corrected chi connectivity index (χ2v) is 7.39. The van der Waals surface area contributed by atoms with E-state index in [1.54, 1.807) is 6.92 Å². The van der Waals surface area contributed by atoms with E-state index in [-0.39, 0.29) is 28.2 Å². The van der Waals surface area contributed by atoms with Gasteiger partial charge in [0, 0.05) is 11.6 Å². The number of rotatable bonds is 5. The average Bonchev–Trinajstić information content (AvgIpc) is 2.41. The summed E-state index contributed by atoms with van der Waals surface area (Å²) in [6, 6.07) is 5.71. The van der Waals surface area contributed by atoms with E-state index < -0.39 is 21.7 Å². The molecule has 2 N–H and O–H groups in total. The molecule has 1 amide bonds. The van der Waals surface area contributed by atoms with Crippen molar-refractivity contribution >= 4 is 21.7 Å². The van der Waals surface area contributed by atoms with Gasteiger partial charge < -0.3 is 10.4 Å². The second kappa shape index (κ2) is 5.85. The molecule has 0 aromatic heterocycles. The first-order valence-electron chi connectivity index (χ1n) is 6.70. The average molecular weight is 311 g/mol. The Bertz CT molecular complexity index is 662. The van der Waals surface area contributed by atoms with Crippen molar-refractivity contribution < 1.29 is 23.1 Å². The van der Waals surface area contributed by atoms with Gasteiger partial charge in [-0.1, -0.05) is 13.0 Å². The van der Waals surface area contributed by atoms with Crippen LogP contribution in [0.4, 0.5) is 0 Å². The van der Waals surface area contributed by atoms with E-state index in [0.29, 0.717) is 12.8 Å². The van der Waals surface area contributed by atoms with Gasteiger partial charge in [0.15, 0.2) is 9.84 Å². The number of hydrogen-bond acceptors (Lipinski definition) is 4. The molecule has 2 rings (SSSR count). The third-order valence-corrected chi connectivity index (χ3v) is 5.39. The minimum atomic E-state index is -3.35. The van der Waals surface area contributed by atoms with E-state index in [9.17, 15) is 18.0 Å². The number of carbonyl (C=O) groups is 2. The highest BCUT2D eigenvalue weighted by Crippen LogP contribution is 2.27. The Morgan fingerprint density at radius 3 is 2.57 bits per heavy atom. The Kier molecular flexibility index (Phi) is 4.32. The van der Waals surface area contributed by atoms with Crippen LogP contribution in [-0.2, 0) is 14.6 Å². The van der Waals surface area contributed by atoms with E-state index in [4.69, 9.17) is 5.11 Å². The van der Waals surface area contributed by atoms with Crippen LogP contribution in [0.2, 0.25) is 0 Å². The van der Waals surface area contributed by atoms with Crippen LogP contribution in [0, 0.1) is 5.92 Å². The first-order chi connectivity index (χ1) is 9.83. The molecule has 1 saturated carbocycles. The molecule has 1 fully saturated rings. The highest BCUT2D eigenvalue weighted by molar-refractivity contribution is 7.91. The lowest BCUT2D eigenvalue weighted by atomic mass is 9.80. The van der Waals surface area contributed by atoms with Crippen LogP contribution in [0.1, 0.15) is 30.1 Å². The molecule has 0 atom stereocenters. The van der Waals surface area contributed by atoms with Crippen molar-refractivity contribution in [3.8, 4) is 0 Å². The number of sulfone groups is 1. The molecule has 21 heavy (non-hydrogen) atoms. The molecule has 0 radical (unpaired) electrons. The molecule has 1 aromatic rings. The summed E-state index contributed by atoms with van der Waals surface area (Å²) in [7, 11) is -3.35. The Balaban J connectivity index is 2.04. The van der Waals surface area contributed by atoms with E-state index >= 15 is 0 Å². The summed E-state index contributed by atoms with van der Waals surface area (Å²) >= 11 is 0. The van der Waals surface area contributed by atoms with Gasteiger partial charge in [0.05, 0.1) is 16.6 Å². The molecule has 0 unspecified atom stereocenters. The van der Waals surface area contributed by atoms with E-state index in [1.165, 1.54) is 24.3 Å². The molecule has 7 heteroatoms. The molecule has 1 aromatic carbocycles. The van der Waals surface area contributed by atoms with Crippen LogP contribution in [0.5, 0.6) is 0 Å². The highest BCUT2D eigenvalue weighted by Gasteiger charge is 2.35. The van der Waals surface area contributed by atoms with Crippen molar-refractivity contribution in [3.05, 3.63) is 29.8 Å². The van der Waals surface area contributed by atoms with Crippen molar-refractivity contribution in [1.82, 2.24) is 5.32 Å². The maximum atomic E-state index is 12.0. The molecule has 0 aliphatic heterocycles. The van der Waals surface area contributed by atoms with Gasteiger partial charge in [0.1, 0.15) is 0 Å². The normalized spacial score (nSPS) is 21.4. The first kappa shape index (κ1) is 15.5. The minimum Gasteiger partial charge on any atom is -0.481 e. The third-order valence-electron chi connectivity index (χ3n) is 3.66. The number of carboxylic acid groups (broad SMARTS) is 1. The minimum absolute atomic E-state index is 0.0268. The Labute approximate surface area is 123 Å². The number of carboxylic acids is 1. The van der Waals surface area contributed by atoms with Gasteiger partial charge in [-0.3, -0.25) is 9.59 Å². The smallest absolute Gasteiger partial charge is 0.306 e. The zero-order valence-corrected chi connectivity index (χ0v) is 12.4. The molecule has 0 spiro atoms. The molecular weight excluding hydrogens is 294 g/mol. The van der Waals surface area contributed by atoms with Gasteiger partial charge in [-0.15, -0.1) is 0 Å². The standard InChI is InChI=1S/C14H17NO5S/c1-2-21(19,20)12-5-3-4-9(8-12)13(16)15-11-6-10(7-11)14(17)18/h3-5,8,10-11H,2,6-7H2,1H3,(H,15,16)(H,17,18). The summed E-state index contributed by atoms with van der Waals surface area (Å²) in [4.78, 5) is 22.9. The van der Waals surface area contributed by atoms with E-state index in [1.807, 2.05) is 0 Å². The van der Waals surface area contributed by atoms with Crippen LogP contribution in [0.25, 0.3) is 0 Å². The van der Waals surface area contributed by atoms with Crippen LogP contribution in [0.3, 0.4) is 0 Å². The largest absolute Gasteiger partial charge is 0.481 e. The molecule has 6 nitrogen and oxygen atoms in total. The summed E-state index contributed by atoms with van der Waals surface area (Å²) in [5.41, 5.74) is 0.267. The number of carbonyl (C=O) groups excluding carboxylic acids is 1. The van der Waals surface area contributed by atoms with Gasteiger partial charge in [-0.05, 0) is 31.0 Å². The number of benzene rings is 1. The van der Waals surface area contributed by atoms with Crippen LogP contribution < -0.4 is 5.32 Å². The number of nitrogens with one attached hydrogen (secondary N) is 1. The Morgan fingerprint density at radius 2 is 2.00 bits per heavy atom. The first-order valence-corrected chi connectivity index (χ1v) is 8.35. The summed E-state index contributed by atoms with van der Waals surface area (Å²) < 4.78 is 23.6. The molecule has 1 aliphatic carbocycles. The lowest BCUT2D eigenvalue weighted by Gasteiger charge is -2.32. The van der Waals surface area contributed by atoms with Crippen LogP contribution >= 0.6 is 0 Å². The van der Waals surface area contributed by atoms with E-state index in [2.05, 4.69) is 5.32 Å². The second-order valence-electron chi connectivity index (χ2n) is 5.11. The molecule has 0 bridgehead atoms. The van der Waals surface area contributed by atoms with Crippen molar-refractivity contribution in [2.75, 3.05) is 5.75 Å². The van der Waals surface area contributed by atoms with Gasteiger partial charge in [0.25, 0.3) is 5.91 Å². The number of hydrogen-bond donors (Lipinski definition) is 2. The lowest BCUT2D eigenvalue weighted by Crippen LogP contribution is -2.46. The Hall–Kier alpha value is -1.89. The molecule has 0 heterocycles. The van der Waals surface area contributed by atoms with Crippen molar-refractivity contribution in [2.24, 2.45) is 5.92 Å². The van der Waals surface area contributed by atoms with Crippen molar-refractivity contribution in [1.29, 1.82) is 0 Å². The third kappa shape index (κ3) is 3.41. The fourth-order valence-electron chi connectivity index (χ4n) is 2.20. The maximum Gasteiger partial charge on any atom is 0.306 e. The van der Waals surface area contributed by atoms with Crippen LogP contribution in [0.15, 0.2) is 29.2 Å². The van der Waals surface area contributed by atoms with Crippen LogP contribution in [-0.4, -0.2) is 37.2 Å². The fourth-order valence-corrected chi connectivity index (χ4v) is 3.13. The highest BCUT2D eigenvalue weighted by atomic mass is 32.2. The molecule has 0 saturated heterocycles. The zero-order valence-electron chi connectivity index (χ0n) is 11.6. The van der Waals surface area contributed by atoms with Gasteiger partial charge in [-0.2, -0.15) is 0 Å². The van der Waals surface area contributed by atoms with Crippen molar-refractivity contribution in [3.63, 3.8) is 0 Å². The fraction of sp³-hybridized carbons (Fsp3) is 0.429. The zero-order chi connectivity index (χ0) is 15.6. The monoisotopic (exact) mass is 311 g/mol. The Morgan fingerprint density at radius 1 is 1.33 bits per heavy atom. The summed E-state index contributed by atoms with van der Waals surface area (Å²) in [6.07, 6.45) is 0.821. The SMILES string of the molecule is CCS(=O)(=O)c1cccc(C(=O)NC2CC(C(=O)O)C2)c1. The topological polar surface area (TPSA) is 101 Å². The summed E-state index contributed by atoms with van der Waals surface area (Å²) in [5.74, 6) is -1.66. The predicted octanol–water partition coefficient (Wildman–Crippen LogP) is 1.07. The van der Waals surface area contributed by atoms with Gasteiger partial charge in [-0.25, -0.2) is 8.42 Å². The number of amides is 1. The maximum absolute atomic E-state index is 12.0. The molecule has 1 aliphatic rings. The summed E-state index contributed by atoms with van der Waals surface area (Å²) in [6.45, 7) is 1.54. The van der Waals surface area contributed by atoms with Gasteiger partial charge in [0.2, 0.25) is 0 Å². The molecule has 114 valence electrons. The summed E-state index contributed by atoms with van der Waals surface area (Å²) in [5, 5.41) is 11.5. The quantitative estimate of drug-likeness (QED) is 0.847.